The molecule has 1 rings (SSSR count). The third-order valence-corrected chi connectivity index (χ3v) is 1.53. The molecule has 0 bridgehead atoms. The average molecular weight is 165 g/mol. The number of rotatable bonds is 2. The van der Waals surface area contributed by atoms with Crippen molar-refractivity contribution in [2.75, 3.05) is 19.8 Å². The lowest BCUT2D eigenvalue weighted by Gasteiger charge is -2.10. The van der Waals surface area contributed by atoms with Gasteiger partial charge in [-0.25, -0.2) is 4.98 Å². The topological polar surface area (TPSA) is 42.1 Å². The summed E-state index contributed by atoms with van der Waals surface area (Å²) in [5, 5.41) is 0. The van der Waals surface area contributed by atoms with E-state index in [0.717, 1.165) is 12.2 Å². The van der Waals surface area contributed by atoms with Crippen molar-refractivity contribution in [1.82, 2.24) is 9.88 Å². The van der Waals surface area contributed by atoms with E-state index in [0.29, 0.717) is 5.82 Å². The van der Waals surface area contributed by atoms with E-state index < -0.39 is 0 Å². The van der Waals surface area contributed by atoms with Crippen molar-refractivity contribution in [2.45, 2.75) is 13.5 Å². The molecule has 0 unspecified atom stereocenters. The minimum Gasteiger partial charge on any atom is -0.384 e. The first-order valence-corrected chi connectivity index (χ1v) is 3.95. The van der Waals surface area contributed by atoms with Crippen LogP contribution in [0.1, 0.15) is 11.3 Å². The van der Waals surface area contributed by atoms with Crippen molar-refractivity contribution >= 4 is 5.82 Å². The quantitative estimate of drug-likeness (QED) is 0.711. The Balaban J connectivity index is 2.85. The number of aryl methyl sites for hydroxylation is 1. The standard InChI is InChI=1S/C9H15N3/c1-7-4-8(6-12(2)3)5-9(10)11-7/h4-5H,6H2,1-3H3,(H2,10,11). The van der Waals surface area contributed by atoms with E-state index in [-0.39, 0.29) is 0 Å². The number of anilines is 1. The highest BCUT2D eigenvalue weighted by Crippen LogP contribution is 2.08. The van der Waals surface area contributed by atoms with Gasteiger partial charge in [-0.1, -0.05) is 0 Å². The van der Waals surface area contributed by atoms with Crippen LogP contribution >= 0.6 is 0 Å². The van der Waals surface area contributed by atoms with Crippen molar-refractivity contribution in [3.8, 4) is 0 Å². The molecule has 1 aromatic rings. The summed E-state index contributed by atoms with van der Waals surface area (Å²) >= 11 is 0. The molecule has 0 aliphatic rings. The maximum Gasteiger partial charge on any atom is 0.123 e. The Bertz CT molecular complexity index is 248. The predicted octanol–water partition coefficient (Wildman–Crippen LogP) is 1.03. The molecule has 0 aromatic carbocycles. The zero-order valence-electron chi connectivity index (χ0n) is 7.83. The summed E-state index contributed by atoms with van der Waals surface area (Å²) in [5.41, 5.74) is 7.80. The third kappa shape index (κ3) is 2.51. The normalized spacial score (nSPS) is 10.7. The third-order valence-electron chi connectivity index (χ3n) is 1.53. The maximum atomic E-state index is 5.61. The maximum absolute atomic E-state index is 5.61. The fraction of sp³-hybridized carbons (Fsp3) is 0.444. The molecule has 1 aromatic heterocycles. The first-order chi connectivity index (χ1) is 5.58. The lowest BCUT2D eigenvalue weighted by atomic mass is 10.2. The second kappa shape index (κ2) is 3.54. The van der Waals surface area contributed by atoms with E-state index in [4.69, 9.17) is 5.73 Å². The smallest absolute Gasteiger partial charge is 0.123 e. The molecule has 0 spiro atoms. The van der Waals surface area contributed by atoms with Gasteiger partial charge in [0.2, 0.25) is 0 Å². The van der Waals surface area contributed by atoms with Gasteiger partial charge in [0.05, 0.1) is 0 Å². The number of nitrogens with two attached hydrogens (primary N) is 1. The molecule has 0 fully saturated rings. The number of pyridine rings is 1. The molecule has 3 nitrogen and oxygen atoms in total. The number of nitrogen functional groups attached to an aromatic ring is 1. The van der Waals surface area contributed by atoms with Gasteiger partial charge in [0.15, 0.2) is 0 Å². The van der Waals surface area contributed by atoms with E-state index in [2.05, 4.69) is 16.0 Å². The van der Waals surface area contributed by atoms with Crippen molar-refractivity contribution < 1.29 is 0 Å². The van der Waals surface area contributed by atoms with Crippen LogP contribution in [0.15, 0.2) is 12.1 Å². The van der Waals surface area contributed by atoms with Crippen molar-refractivity contribution in [3.63, 3.8) is 0 Å². The largest absolute Gasteiger partial charge is 0.384 e. The minimum absolute atomic E-state index is 0.604. The lowest BCUT2D eigenvalue weighted by molar-refractivity contribution is 0.402. The van der Waals surface area contributed by atoms with Crippen LogP contribution in [0.5, 0.6) is 0 Å². The Labute approximate surface area is 73.2 Å². The van der Waals surface area contributed by atoms with Crippen molar-refractivity contribution in [2.24, 2.45) is 0 Å². The predicted molar refractivity (Wildman–Crippen MR) is 50.8 cm³/mol. The van der Waals surface area contributed by atoms with Crippen molar-refractivity contribution in [1.29, 1.82) is 0 Å². The van der Waals surface area contributed by atoms with E-state index >= 15 is 0 Å². The van der Waals surface area contributed by atoms with Crippen LogP contribution in [0.3, 0.4) is 0 Å². The number of hydrogen-bond acceptors (Lipinski definition) is 3. The number of hydrogen-bond donors (Lipinski definition) is 1. The Morgan fingerprint density at radius 1 is 1.42 bits per heavy atom. The fourth-order valence-electron chi connectivity index (χ4n) is 1.22. The summed E-state index contributed by atoms with van der Waals surface area (Å²) in [7, 11) is 4.07. The van der Waals surface area contributed by atoms with Crippen LogP contribution < -0.4 is 5.73 Å². The summed E-state index contributed by atoms with van der Waals surface area (Å²) in [4.78, 5) is 6.21. The van der Waals surface area contributed by atoms with E-state index in [9.17, 15) is 0 Å². The first kappa shape index (κ1) is 9.00. The number of aromatic nitrogens is 1. The van der Waals surface area contributed by atoms with Gasteiger partial charge in [-0.15, -0.1) is 0 Å². The molecular formula is C9H15N3. The van der Waals surface area contributed by atoms with Gasteiger partial charge in [-0.2, -0.15) is 0 Å². The zero-order chi connectivity index (χ0) is 9.14. The van der Waals surface area contributed by atoms with Gasteiger partial charge < -0.3 is 10.6 Å². The van der Waals surface area contributed by atoms with Crippen molar-refractivity contribution in [3.05, 3.63) is 23.4 Å². The Hall–Kier alpha value is -1.09. The molecule has 0 saturated carbocycles. The van der Waals surface area contributed by atoms with Crippen LogP contribution in [0.25, 0.3) is 0 Å². The SMILES string of the molecule is Cc1cc(CN(C)C)cc(N)n1. The molecule has 1 heterocycles. The fourth-order valence-corrected chi connectivity index (χ4v) is 1.22. The Morgan fingerprint density at radius 3 is 2.58 bits per heavy atom. The molecule has 2 N–H and O–H groups in total. The van der Waals surface area contributed by atoms with Crippen LogP contribution in [0.4, 0.5) is 5.82 Å². The van der Waals surface area contributed by atoms with Crippen LogP contribution in [0.2, 0.25) is 0 Å². The van der Waals surface area contributed by atoms with Gasteiger partial charge in [0, 0.05) is 12.2 Å². The molecule has 66 valence electrons. The van der Waals surface area contributed by atoms with E-state index in [1.807, 2.05) is 27.1 Å². The molecule has 0 radical (unpaired) electrons. The summed E-state index contributed by atoms with van der Waals surface area (Å²) in [6.45, 7) is 2.86. The zero-order valence-corrected chi connectivity index (χ0v) is 7.83. The number of nitrogens with zero attached hydrogens (tertiary/aromatic N) is 2. The van der Waals surface area contributed by atoms with Gasteiger partial charge >= 0.3 is 0 Å². The second-order valence-electron chi connectivity index (χ2n) is 3.28. The highest BCUT2D eigenvalue weighted by molar-refractivity contribution is 5.34. The Kier molecular flexibility index (Phi) is 2.65. The monoisotopic (exact) mass is 165 g/mol. The molecule has 0 amide bonds. The summed E-state index contributed by atoms with van der Waals surface area (Å²) < 4.78 is 0. The van der Waals surface area contributed by atoms with Crippen LogP contribution in [0, 0.1) is 6.92 Å². The molecule has 0 atom stereocenters. The van der Waals surface area contributed by atoms with Crippen LogP contribution in [-0.2, 0) is 6.54 Å². The molecule has 3 heteroatoms. The molecule has 0 saturated heterocycles. The van der Waals surface area contributed by atoms with Gasteiger partial charge in [-0.05, 0) is 38.7 Å². The minimum atomic E-state index is 0.604. The first-order valence-electron chi connectivity index (χ1n) is 3.95. The molecule has 0 aliphatic heterocycles. The van der Waals surface area contributed by atoms with Gasteiger partial charge in [0.1, 0.15) is 5.82 Å². The molecular weight excluding hydrogens is 150 g/mol. The van der Waals surface area contributed by atoms with Gasteiger partial charge in [-0.3, -0.25) is 0 Å². The highest BCUT2D eigenvalue weighted by atomic mass is 15.0. The van der Waals surface area contributed by atoms with E-state index in [1.165, 1.54) is 5.56 Å². The Morgan fingerprint density at radius 2 is 2.08 bits per heavy atom. The van der Waals surface area contributed by atoms with E-state index in [1.54, 1.807) is 0 Å². The van der Waals surface area contributed by atoms with Gasteiger partial charge in [0.25, 0.3) is 0 Å². The average Bonchev–Trinajstić information content (AvgIpc) is 1.81. The highest BCUT2D eigenvalue weighted by Gasteiger charge is 1.98. The summed E-state index contributed by atoms with van der Waals surface area (Å²) in [6, 6.07) is 3.96. The molecule has 0 aliphatic carbocycles. The summed E-state index contributed by atoms with van der Waals surface area (Å²) in [6.07, 6.45) is 0. The summed E-state index contributed by atoms with van der Waals surface area (Å²) in [5.74, 6) is 0.604. The molecule has 12 heavy (non-hydrogen) atoms. The second-order valence-corrected chi connectivity index (χ2v) is 3.28. The lowest BCUT2D eigenvalue weighted by Crippen LogP contribution is -2.11. The van der Waals surface area contributed by atoms with Crippen LogP contribution in [-0.4, -0.2) is 24.0 Å².